The molecule has 1 rings (SSSR count). The predicted octanol–water partition coefficient (Wildman–Crippen LogP) is 9.57. The summed E-state index contributed by atoms with van der Waals surface area (Å²) in [6.45, 7) is 15.2. The van der Waals surface area contributed by atoms with Gasteiger partial charge >= 0.3 is 0 Å². The van der Waals surface area contributed by atoms with Crippen molar-refractivity contribution in [1.29, 1.82) is 0 Å². The molecule has 1 aliphatic rings. The fraction of sp³-hybridized carbons (Fsp3) is 0.846. The van der Waals surface area contributed by atoms with Crippen LogP contribution in [-0.4, -0.2) is 0 Å². The maximum atomic E-state index is 14.1. The lowest BCUT2D eigenvalue weighted by Gasteiger charge is -2.28. The average molecular weight is 397 g/mol. The number of allylic oxidation sites excluding steroid dienone is 4. The van der Waals surface area contributed by atoms with Crippen LogP contribution >= 0.6 is 0 Å². The third-order valence-corrected chi connectivity index (χ3v) is 7.11. The lowest BCUT2D eigenvalue weighted by molar-refractivity contribution is 0.287. The van der Waals surface area contributed by atoms with Gasteiger partial charge in [0.05, 0.1) is 0 Å². The summed E-state index contributed by atoms with van der Waals surface area (Å²) in [6.07, 6.45) is 11.4. The normalized spacial score (nSPS) is 22.3. The molecule has 0 fully saturated rings. The average Bonchev–Trinajstić information content (AvgIpc) is 2.67. The smallest absolute Gasteiger partial charge is 0.157 e. The first kappa shape index (κ1) is 25.4. The van der Waals surface area contributed by atoms with E-state index in [0.717, 1.165) is 48.5 Å². The second-order valence-corrected chi connectivity index (χ2v) is 10.1. The van der Waals surface area contributed by atoms with E-state index in [-0.39, 0.29) is 0 Å². The van der Waals surface area contributed by atoms with Crippen molar-refractivity contribution in [3.05, 3.63) is 22.8 Å². The predicted molar refractivity (Wildman–Crippen MR) is 120 cm³/mol. The maximum absolute atomic E-state index is 14.1. The Balaban J connectivity index is 2.40. The summed E-state index contributed by atoms with van der Waals surface area (Å²) in [6, 6.07) is 0. The van der Waals surface area contributed by atoms with Crippen LogP contribution in [0, 0.1) is 29.6 Å². The Bertz CT molecular complexity index is 511. The molecule has 1 aliphatic carbocycles. The molecule has 0 nitrogen and oxygen atoms in total. The fourth-order valence-corrected chi connectivity index (χ4v) is 4.55. The largest absolute Gasteiger partial charge is 0.209 e. The summed E-state index contributed by atoms with van der Waals surface area (Å²) >= 11 is 0. The second-order valence-electron chi connectivity index (χ2n) is 10.1. The van der Waals surface area contributed by atoms with Crippen molar-refractivity contribution in [2.45, 2.75) is 113 Å². The first-order valence-electron chi connectivity index (χ1n) is 11.9. The van der Waals surface area contributed by atoms with Crippen LogP contribution in [0.5, 0.6) is 0 Å². The first-order valence-corrected chi connectivity index (χ1v) is 11.9. The van der Waals surface area contributed by atoms with Crippen molar-refractivity contribution in [3.8, 4) is 0 Å². The lowest BCUT2D eigenvalue weighted by atomic mass is 9.78. The van der Waals surface area contributed by atoms with E-state index in [2.05, 4.69) is 41.5 Å². The molecular formula is C26H46F2. The van der Waals surface area contributed by atoms with Crippen molar-refractivity contribution < 1.29 is 8.78 Å². The summed E-state index contributed by atoms with van der Waals surface area (Å²) in [7, 11) is 0. The standard InChI is InChI=1S/C26H46F2/c1-8-24-17-23(15-16-25(24)26(28)22(7)27)14-11-19(4)10-13-21(6)20(5)12-9-18(2)3/h18-21,23H,8-17H2,1-7H3/b26-22-. The van der Waals surface area contributed by atoms with Gasteiger partial charge in [0.25, 0.3) is 0 Å². The third-order valence-electron chi connectivity index (χ3n) is 7.11. The van der Waals surface area contributed by atoms with Crippen molar-refractivity contribution in [1.82, 2.24) is 0 Å². The Morgan fingerprint density at radius 3 is 2.07 bits per heavy atom. The van der Waals surface area contributed by atoms with Gasteiger partial charge in [0.1, 0.15) is 5.83 Å². The van der Waals surface area contributed by atoms with Crippen LogP contribution in [-0.2, 0) is 0 Å². The summed E-state index contributed by atoms with van der Waals surface area (Å²) in [5.41, 5.74) is 1.81. The van der Waals surface area contributed by atoms with Crippen LogP contribution in [0.25, 0.3) is 0 Å². The zero-order valence-corrected chi connectivity index (χ0v) is 19.7. The zero-order chi connectivity index (χ0) is 21.3. The molecule has 0 heterocycles. The minimum absolute atomic E-state index is 0.593. The van der Waals surface area contributed by atoms with Crippen LogP contribution < -0.4 is 0 Å². The van der Waals surface area contributed by atoms with Crippen LogP contribution in [0.4, 0.5) is 8.78 Å². The number of rotatable bonds is 12. The molecule has 0 saturated carbocycles. The Labute approximate surface area is 174 Å². The Kier molecular flexibility index (Phi) is 11.6. The lowest BCUT2D eigenvalue weighted by Crippen LogP contribution is -2.14. The van der Waals surface area contributed by atoms with Crippen LogP contribution in [0.15, 0.2) is 22.8 Å². The molecule has 0 N–H and O–H groups in total. The van der Waals surface area contributed by atoms with Crippen LogP contribution in [0.2, 0.25) is 0 Å². The molecule has 0 aromatic rings. The highest BCUT2D eigenvalue weighted by molar-refractivity contribution is 5.34. The van der Waals surface area contributed by atoms with E-state index < -0.39 is 11.7 Å². The molecule has 4 atom stereocenters. The minimum Gasteiger partial charge on any atom is -0.209 e. The Morgan fingerprint density at radius 1 is 0.929 bits per heavy atom. The van der Waals surface area contributed by atoms with E-state index in [1.54, 1.807) is 0 Å². The van der Waals surface area contributed by atoms with Crippen molar-refractivity contribution in [3.63, 3.8) is 0 Å². The molecule has 0 radical (unpaired) electrons. The molecule has 0 amide bonds. The summed E-state index contributed by atoms with van der Waals surface area (Å²) in [5.74, 6) is 2.60. The molecule has 2 heteroatoms. The monoisotopic (exact) mass is 396 g/mol. The molecule has 0 bridgehead atoms. The maximum Gasteiger partial charge on any atom is 0.157 e. The first-order chi connectivity index (χ1) is 13.1. The van der Waals surface area contributed by atoms with E-state index in [4.69, 9.17) is 0 Å². The topological polar surface area (TPSA) is 0 Å². The number of hydrogen-bond donors (Lipinski definition) is 0. The molecule has 0 aromatic heterocycles. The van der Waals surface area contributed by atoms with E-state index in [1.807, 2.05) is 0 Å². The number of hydrogen-bond acceptors (Lipinski definition) is 0. The zero-order valence-electron chi connectivity index (χ0n) is 19.7. The highest BCUT2D eigenvalue weighted by Crippen LogP contribution is 2.39. The molecule has 28 heavy (non-hydrogen) atoms. The second kappa shape index (κ2) is 12.8. The van der Waals surface area contributed by atoms with Gasteiger partial charge in [-0.3, -0.25) is 0 Å². The van der Waals surface area contributed by atoms with E-state index >= 15 is 0 Å². The number of halogens is 2. The Hall–Kier alpha value is -0.660. The molecule has 0 aliphatic heterocycles. The SMILES string of the molecule is CCC1=C(/C(F)=C(\C)F)CCC(CCC(C)CCC(C)C(C)CCC(C)C)C1. The van der Waals surface area contributed by atoms with Crippen LogP contribution in [0.3, 0.4) is 0 Å². The summed E-state index contributed by atoms with van der Waals surface area (Å²) < 4.78 is 27.4. The molecular weight excluding hydrogens is 350 g/mol. The van der Waals surface area contributed by atoms with Crippen LogP contribution in [0.1, 0.15) is 113 Å². The van der Waals surface area contributed by atoms with Gasteiger partial charge in [0.2, 0.25) is 0 Å². The van der Waals surface area contributed by atoms with Gasteiger partial charge in [-0.2, -0.15) is 0 Å². The molecule has 0 spiro atoms. The quantitative estimate of drug-likeness (QED) is 0.308. The van der Waals surface area contributed by atoms with Crippen molar-refractivity contribution in [2.24, 2.45) is 29.6 Å². The summed E-state index contributed by atoms with van der Waals surface area (Å²) in [4.78, 5) is 0. The van der Waals surface area contributed by atoms with Gasteiger partial charge in [0, 0.05) is 0 Å². The van der Waals surface area contributed by atoms with Gasteiger partial charge in [-0.15, -0.1) is 0 Å². The third kappa shape index (κ3) is 8.78. The Morgan fingerprint density at radius 2 is 1.54 bits per heavy atom. The van der Waals surface area contributed by atoms with E-state index in [0.29, 0.717) is 17.9 Å². The molecule has 0 saturated heterocycles. The molecule has 164 valence electrons. The van der Waals surface area contributed by atoms with Crippen molar-refractivity contribution >= 4 is 0 Å². The molecule has 4 unspecified atom stereocenters. The van der Waals surface area contributed by atoms with Crippen molar-refractivity contribution in [2.75, 3.05) is 0 Å². The molecule has 0 aromatic carbocycles. The fourth-order valence-electron chi connectivity index (χ4n) is 4.55. The minimum atomic E-state index is -0.662. The highest BCUT2D eigenvalue weighted by Gasteiger charge is 2.24. The van der Waals surface area contributed by atoms with Gasteiger partial charge in [0.15, 0.2) is 5.83 Å². The van der Waals surface area contributed by atoms with E-state index in [1.165, 1.54) is 45.4 Å². The van der Waals surface area contributed by atoms with E-state index in [9.17, 15) is 8.78 Å². The van der Waals surface area contributed by atoms with Gasteiger partial charge in [-0.05, 0) is 74.2 Å². The van der Waals surface area contributed by atoms with Gasteiger partial charge < -0.3 is 0 Å². The van der Waals surface area contributed by atoms with Gasteiger partial charge in [-0.1, -0.05) is 79.2 Å². The highest BCUT2D eigenvalue weighted by atomic mass is 19.2. The summed E-state index contributed by atoms with van der Waals surface area (Å²) in [5, 5.41) is 0. The van der Waals surface area contributed by atoms with Gasteiger partial charge in [-0.25, -0.2) is 8.78 Å².